The third kappa shape index (κ3) is 4.71. The maximum absolute atomic E-state index is 11.4. The van der Waals surface area contributed by atoms with E-state index in [0.717, 1.165) is 5.75 Å². The first-order chi connectivity index (χ1) is 7.50. The van der Waals surface area contributed by atoms with Gasteiger partial charge in [-0.15, -0.1) is 11.8 Å². The summed E-state index contributed by atoms with van der Waals surface area (Å²) in [7, 11) is 0. The first kappa shape index (κ1) is 13.1. The highest BCUT2D eigenvalue weighted by Crippen LogP contribution is 2.18. The van der Waals surface area contributed by atoms with Crippen LogP contribution in [-0.4, -0.2) is 18.3 Å². The van der Waals surface area contributed by atoms with Crippen molar-refractivity contribution in [2.24, 2.45) is 5.41 Å². The molecule has 3 heteroatoms. The van der Waals surface area contributed by atoms with Crippen LogP contribution in [0.5, 0.6) is 0 Å². The van der Waals surface area contributed by atoms with Crippen LogP contribution in [0.4, 0.5) is 0 Å². The number of carbonyl (C=O) groups excluding carboxylic acids is 1. The molecule has 0 heterocycles. The Hall–Kier alpha value is -0.960. The van der Waals surface area contributed by atoms with Gasteiger partial charge in [-0.2, -0.15) is 0 Å². The predicted molar refractivity (Wildman–Crippen MR) is 67.6 cm³/mol. The lowest BCUT2D eigenvalue weighted by Crippen LogP contribution is -2.23. The molecule has 88 valence electrons. The van der Waals surface area contributed by atoms with E-state index in [0.29, 0.717) is 6.61 Å². The molecule has 0 amide bonds. The van der Waals surface area contributed by atoms with Crippen molar-refractivity contribution in [3.05, 3.63) is 30.3 Å². The van der Waals surface area contributed by atoms with Crippen molar-refractivity contribution >= 4 is 17.7 Å². The van der Waals surface area contributed by atoms with Gasteiger partial charge in [-0.3, -0.25) is 4.79 Å². The summed E-state index contributed by atoms with van der Waals surface area (Å²) in [6.07, 6.45) is 0. The monoisotopic (exact) mass is 238 g/mol. The Labute approximate surface area is 101 Å². The molecule has 1 rings (SSSR count). The van der Waals surface area contributed by atoms with E-state index >= 15 is 0 Å². The Morgan fingerprint density at radius 3 is 2.44 bits per heavy atom. The van der Waals surface area contributed by atoms with Crippen LogP contribution in [0.1, 0.15) is 20.8 Å². The number of ether oxygens (including phenoxy) is 1. The van der Waals surface area contributed by atoms with Gasteiger partial charge >= 0.3 is 5.97 Å². The average molecular weight is 238 g/mol. The van der Waals surface area contributed by atoms with Crippen molar-refractivity contribution in [3.63, 3.8) is 0 Å². The van der Waals surface area contributed by atoms with Crippen LogP contribution < -0.4 is 0 Å². The number of carbonyl (C=O) groups is 1. The van der Waals surface area contributed by atoms with Crippen LogP contribution in [0.15, 0.2) is 35.2 Å². The highest BCUT2D eigenvalue weighted by molar-refractivity contribution is 7.99. The first-order valence-electron chi connectivity index (χ1n) is 5.35. The number of hydrogen-bond donors (Lipinski definition) is 0. The summed E-state index contributed by atoms with van der Waals surface area (Å²) < 4.78 is 5.17. The van der Waals surface area contributed by atoms with Crippen LogP contribution in [-0.2, 0) is 9.53 Å². The van der Waals surface area contributed by atoms with Crippen LogP contribution in [0.2, 0.25) is 0 Å². The summed E-state index contributed by atoms with van der Waals surface area (Å²) in [4.78, 5) is 12.6. The summed E-state index contributed by atoms with van der Waals surface area (Å²) in [6.45, 7) is 6.05. The van der Waals surface area contributed by atoms with Crippen LogP contribution >= 0.6 is 11.8 Å². The molecule has 1 aromatic rings. The third-order valence-electron chi connectivity index (χ3n) is 1.94. The van der Waals surface area contributed by atoms with Crippen molar-refractivity contribution in [2.45, 2.75) is 25.7 Å². The Balaban J connectivity index is 2.20. The van der Waals surface area contributed by atoms with E-state index in [1.807, 2.05) is 39.0 Å². The fraction of sp³-hybridized carbons (Fsp3) is 0.462. The quantitative estimate of drug-likeness (QED) is 0.457. The zero-order valence-electron chi connectivity index (χ0n) is 10.0. The van der Waals surface area contributed by atoms with Gasteiger partial charge in [0.1, 0.15) is 6.61 Å². The normalized spacial score (nSPS) is 11.2. The van der Waals surface area contributed by atoms with Crippen molar-refractivity contribution in [3.8, 4) is 0 Å². The minimum Gasteiger partial charge on any atom is -0.464 e. The van der Waals surface area contributed by atoms with E-state index in [4.69, 9.17) is 4.74 Å². The first-order valence-corrected chi connectivity index (χ1v) is 6.34. The van der Waals surface area contributed by atoms with E-state index in [2.05, 4.69) is 12.1 Å². The second-order valence-corrected chi connectivity index (χ2v) is 5.72. The minimum atomic E-state index is -0.405. The average Bonchev–Trinajstić information content (AvgIpc) is 2.24. The van der Waals surface area contributed by atoms with Crippen LogP contribution in [0.3, 0.4) is 0 Å². The molecule has 0 aromatic heterocycles. The standard InChI is InChI=1S/C13H18O2S/c1-13(2,3)12(14)15-9-10-16-11-7-5-4-6-8-11/h4-8H,9-10H2,1-3H3. The SMILES string of the molecule is CC(C)(C)C(=O)OCCSc1ccccc1. The topological polar surface area (TPSA) is 26.3 Å². The molecule has 16 heavy (non-hydrogen) atoms. The van der Waals surface area contributed by atoms with Crippen molar-refractivity contribution < 1.29 is 9.53 Å². The number of thioether (sulfide) groups is 1. The number of esters is 1. The molecular formula is C13H18O2S. The van der Waals surface area contributed by atoms with Crippen molar-refractivity contribution in [2.75, 3.05) is 12.4 Å². The third-order valence-corrected chi connectivity index (χ3v) is 2.92. The predicted octanol–water partition coefficient (Wildman–Crippen LogP) is 3.37. The summed E-state index contributed by atoms with van der Waals surface area (Å²) in [5.74, 6) is 0.660. The van der Waals surface area contributed by atoms with Gasteiger partial charge in [0.25, 0.3) is 0 Å². The highest BCUT2D eigenvalue weighted by Gasteiger charge is 2.22. The molecule has 0 aliphatic carbocycles. The van der Waals surface area contributed by atoms with Gasteiger partial charge in [-0.25, -0.2) is 0 Å². The van der Waals surface area contributed by atoms with E-state index in [1.165, 1.54) is 4.90 Å². The fourth-order valence-electron chi connectivity index (χ4n) is 1.03. The van der Waals surface area contributed by atoms with Crippen molar-refractivity contribution in [1.29, 1.82) is 0 Å². The smallest absolute Gasteiger partial charge is 0.311 e. The zero-order valence-corrected chi connectivity index (χ0v) is 10.8. The molecule has 0 fully saturated rings. The van der Waals surface area contributed by atoms with E-state index in [1.54, 1.807) is 11.8 Å². The molecule has 0 aliphatic heterocycles. The molecule has 0 spiro atoms. The summed E-state index contributed by atoms with van der Waals surface area (Å²) in [5.41, 5.74) is -0.405. The van der Waals surface area contributed by atoms with Gasteiger partial charge in [0.2, 0.25) is 0 Å². The maximum atomic E-state index is 11.4. The molecule has 2 nitrogen and oxygen atoms in total. The van der Waals surface area contributed by atoms with E-state index in [9.17, 15) is 4.79 Å². The van der Waals surface area contributed by atoms with E-state index < -0.39 is 5.41 Å². The molecule has 0 N–H and O–H groups in total. The Morgan fingerprint density at radius 2 is 1.88 bits per heavy atom. The summed E-state index contributed by atoms with van der Waals surface area (Å²) >= 11 is 1.70. The molecule has 0 aliphatic rings. The lowest BCUT2D eigenvalue weighted by molar-refractivity contribution is -0.152. The molecule has 0 unspecified atom stereocenters. The van der Waals surface area contributed by atoms with Gasteiger partial charge < -0.3 is 4.74 Å². The maximum Gasteiger partial charge on any atom is 0.311 e. The van der Waals surface area contributed by atoms with Gasteiger partial charge in [-0.05, 0) is 32.9 Å². The summed E-state index contributed by atoms with van der Waals surface area (Å²) in [5, 5.41) is 0. The molecule has 0 radical (unpaired) electrons. The van der Waals surface area contributed by atoms with Crippen LogP contribution in [0, 0.1) is 5.41 Å². The fourth-order valence-corrected chi connectivity index (χ4v) is 1.78. The zero-order chi connectivity index (χ0) is 12.0. The lowest BCUT2D eigenvalue weighted by Gasteiger charge is -2.16. The van der Waals surface area contributed by atoms with Gasteiger partial charge in [0, 0.05) is 10.6 Å². The van der Waals surface area contributed by atoms with Crippen LogP contribution in [0.25, 0.3) is 0 Å². The second-order valence-electron chi connectivity index (χ2n) is 4.55. The van der Waals surface area contributed by atoms with Gasteiger partial charge in [0.15, 0.2) is 0 Å². The molecule has 0 bridgehead atoms. The Bertz CT molecular complexity index is 328. The number of benzene rings is 1. The molecular weight excluding hydrogens is 220 g/mol. The molecule has 0 atom stereocenters. The summed E-state index contributed by atoms with van der Waals surface area (Å²) in [6, 6.07) is 10.1. The van der Waals surface area contributed by atoms with Gasteiger partial charge in [0.05, 0.1) is 5.41 Å². The molecule has 0 saturated carbocycles. The number of hydrogen-bond acceptors (Lipinski definition) is 3. The number of rotatable bonds is 4. The van der Waals surface area contributed by atoms with Gasteiger partial charge in [-0.1, -0.05) is 18.2 Å². The largest absolute Gasteiger partial charge is 0.464 e. The molecule has 1 aromatic carbocycles. The second kappa shape index (κ2) is 5.94. The lowest BCUT2D eigenvalue weighted by atomic mass is 9.97. The van der Waals surface area contributed by atoms with E-state index in [-0.39, 0.29) is 5.97 Å². The molecule has 0 saturated heterocycles. The Kier molecular flexibility index (Phi) is 4.87. The highest BCUT2D eigenvalue weighted by atomic mass is 32.2. The Morgan fingerprint density at radius 1 is 1.25 bits per heavy atom. The van der Waals surface area contributed by atoms with Crippen molar-refractivity contribution in [1.82, 2.24) is 0 Å². The minimum absolute atomic E-state index is 0.138.